The first kappa shape index (κ1) is 32.4. The standard InChI is InChI=1S/C28H33Cl2IN2O7/c1-15(2)28(38)33(13-17-4-5-19(29)12-20(17)30)22-10-18(27(37)32-6-7-34)11-23(25(22)36)40-26-21(31)8-16(14-35)9-24(26)39-3/h4-5,8-9,11-12,15,22-23,25,34-36H,6-7,10,13-14H2,1-3H3,(H,32,37). The lowest BCUT2D eigenvalue weighted by molar-refractivity contribution is -0.142. The average Bonchev–Trinajstić information content (AvgIpc) is 2.92. The zero-order valence-electron chi connectivity index (χ0n) is 22.4. The van der Waals surface area contributed by atoms with Gasteiger partial charge in [0.05, 0.1) is 29.9 Å². The monoisotopic (exact) mass is 706 g/mol. The second-order valence-corrected chi connectivity index (χ2v) is 11.6. The highest BCUT2D eigenvalue weighted by Crippen LogP contribution is 2.37. The van der Waals surface area contributed by atoms with Gasteiger partial charge in [0.25, 0.3) is 0 Å². The van der Waals surface area contributed by atoms with Crippen molar-refractivity contribution in [1.29, 1.82) is 0 Å². The molecule has 0 heterocycles. The molecule has 0 spiro atoms. The number of ether oxygens (including phenoxy) is 2. The SMILES string of the molecule is COc1cc(CO)cc(I)c1OC1C=C(C(=O)NCCO)CC(N(Cc2ccc(Cl)cc2Cl)C(=O)C(C)C)C1O. The molecule has 0 saturated carbocycles. The maximum Gasteiger partial charge on any atom is 0.247 e. The van der Waals surface area contributed by atoms with Crippen molar-refractivity contribution in [2.45, 2.75) is 51.7 Å². The van der Waals surface area contributed by atoms with Crippen LogP contribution in [0.1, 0.15) is 31.4 Å². The number of aliphatic hydroxyl groups excluding tert-OH is 3. The Bertz CT molecular complexity index is 1260. The Kier molecular flexibility index (Phi) is 11.9. The summed E-state index contributed by atoms with van der Waals surface area (Å²) < 4.78 is 12.4. The van der Waals surface area contributed by atoms with E-state index in [9.17, 15) is 24.9 Å². The van der Waals surface area contributed by atoms with Gasteiger partial charge in [0.2, 0.25) is 11.8 Å². The topological polar surface area (TPSA) is 129 Å². The van der Waals surface area contributed by atoms with E-state index < -0.39 is 30.1 Å². The molecule has 1 aliphatic rings. The Morgan fingerprint density at radius 1 is 1.20 bits per heavy atom. The summed E-state index contributed by atoms with van der Waals surface area (Å²) in [6.07, 6.45) is -0.712. The third-order valence-corrected chi connectivity index (χ3v) is 7.86. The lowest BCUT2D eigenvalue weighted by Gasteiger charge is -2.41. The molecule has 0 saturated heterocycles. The molecule has 0 radical (unpaired) electrons. The van der Waals surface area contributed by atoms with Crippen molar-refractivity contribution in [3.63, 3.8) is 0 Å². The molecule has 2 aromatic rings. The van der Waals surface area contributed by atoms with E-state index in [2.05, 4.69) is 5.32 Å². The highest BCUT2D eigenvalue weighted by Gasteiger charge is 2.41. The van der Waals surface area contributed by atoms with E-state index in [1.807, 2.05) is 22.6 Å². The van der Waals surface area contributed by atoms with Gasteiger partial charge in [-0.15, -0.1) is 0 Å². The van der Waals surface area contributed by atoms with Gasteiger partial charge in [-0.3, -0.25) is 9.59 Å². The number of hydrogen-bond acceptors (Lipinski definition) is 7. The molecule has 0 fully saturated rings. The number of methoxy groups -OCH3 is 1. The summed E-state index contributed by atoms with van der Waals surface area (Å²) in [5.74, 6) is -0.447. The number of carbonyl (C=O) groups excluding carboxylic acids is 2. The fraction of sp³-hybridized carbons (Fsp3) is 0.429. The summed E-state index contributed by atoms with van der Waals surface area (Å²) in [4.78, 5) is 28.1. The summed E-state index contributed by atoms with van der Waals surface area (Å²) in [7, 11) is 1.46. The van der Waals surface area contributed by atoms with Crippen LogP contribution in [-0.2, 0) is 22.7 Å². The molecule has 3 rings (SSSR count). The molecule has 0 bridgehead atoms. The molecular formula is C28H33Cl2IN2O7. The number of amides is 2. The summed E-state index contributed by atoms with van der Waals surface area (Å²) in [5, 5.41) is 33.9. The Morgan fingerprint density at radius 3 is 2.52 bits per heavy atom. The van der Waals surface area contributed by atoms with Crippen LogP contribution in [0.3, 0.4) is 0 Å². The number of nitrogens with zero attached hydrogens (tertiary/aromatic N) is 1. The first-order valence-electron chi connectivity index (χ1n) is 12.7. The predicted molar refractivity (Wildman–Crippen MR) is 160 cm³/mol. The van der Waals surface area contributed by atoms with E-state index in [-0.39, 0.29) is 38.6 Å². The van der Waals surface area contributed by atoms with Crippen molar-refractivity contribution >= 4 is 57.6 Å². The molecule has 0 aliphatic heterocycles. The van der Waals surface area contributed by atoms with Gasteiger partial charge in [-0.1, -0.05) is 43.1 Å². The lowest BCUT2D eigenvalue weighted by Crippen LogP contribution is -2.55. The van der Waals surface area contributed by atoms with Crippen LogP contribution in [0, 0.1) is 9.49 Å². The minimum atomic E-state index is -1.24. The minimum Gasteiger partial charge on any atom is -0.493 e. The molecule has 9 nitrogen and oxygen atoms in total. The van der Waals surface area contributed by atoms with Crippen LogP contribution in [-0.4, -0.2) is 70.5 Å². The van der Waals surface area contributed by atoms with Crippen molar-refractivity contribution < 1.29 is 34.4 Å². The molecule has 3 atom stereocenters. The third kappa shape index (κ3) is 7.80. The van der Waals surface area contributed by atoms with E-state index in [0.717, 1.165) is 0 Å². The van der Waals surface area contributed by atoms with Gasteiger partial charge in [-0.25, -0.2) is 0 Å². The van der Waals surface area contributed by atoms with E-state index in [4.69, 9.17) is 32.7 Å². The maximum absolute atomic E-state index is 13.5. The molecule has 12 heteroatoms. The third-order valence-electron chi connectivity index (χ3n) is 6.47. The van der Waals surface area contributed by atoms with Crippen LogP contribution >= 0.6 is 45.8 Å². The first-order valence-corrected chi connectivity index (χ1v) is 14.5. The van der Waals surface area contributed by atoms with Crippen molar-refractivity contribution in [2.75, 3.05) is 20.3 Å². The Morgan fingerprint density at radius 2 is 1.93 bits per heavy atom. The lowest BCUT2D eigenvalue weighted by atomic mass is 9.87. The largest absolute Gasteiger partial charge is 0.493 e. The van der Waals surface area contributed by atoms with Gasteiger partial charge in [0.1, 0.15) is 12.2 Å². The molecule has 3 unspecified atom stereocenters. The molecule has 4 N–H and O–H groups in total. The van der Waals surface area contributed by atoms with Crippen molar-refractivity contribution in [1.82, 2.24) is 10.2 Å². The molecule has 2 amide bonds. The van der Waals surface area contributed by atoms with Crippen LogP contribution < -0.4 is 14.8 Å². The number of benzene rings is 2. The maximum atomic E-state index is 13.5. The normalized spacial score (nSPS) is 18.8. The van der Waals surface area contributed by atoms with Gasteiger partial charge in [-0.2, -0.15) is 0 Å². The Labute approximate surface area is 257 Å². The zero-order chi connectivity index (χ0) is 29.6. The van der Waals surface area contributed by atoms with Crippen molar-refractivity contribution in [2.24, 2.45) is 5.92 Å². The van der Waals surface area contributed by atoms with Gasteiger partial charge >= 0.3 is 0 Å². The number of rotatable bonds is 11. The first-order chi connectivity index (χ1) is 19.0. The van der Waals surface area contributed by atoms with Gasteiger partial charge < -0.3 is 35.0 Å². The average molecular weight is 707 g/mol. The second kappa shape index (κ2) is 14.7. The van der Waals surface area contributed by atoms with E-state index in [1.54, 1.807) is 44.2 Å². The van der Waals surface area contributed by atoms with E-state index in [1.165, 1.54) is 18.1 Å². The van der Waals surface area contributed by atoms with Crippen LogP contribution in [0.2, 0.25) is 10.0 Å². The number of hydrogen-bond donors (Lipinski definition) is 4. The number of halogens is 3. The number of carbonyl (C=O) groups is 2. The molecule has 40 heavy (non-hydrogen) atoms. The zero-order valence-corrected chi connectivity index (χ0v) is 26.0. The minimum absolute atomic E-state index is 0.0400. The fourth-order valence-electron chi connectivity index (χ4n) is 4.42. The summed E-state index contributed by atoms with van der Waals surface area (Å²) in [6.45, 7) is 3.17. The molecule has 218 valence electrons. The number of aliphatic hydroxyl groups is 3. The van der Waals surface area contributed by atoms with Crippen molar-refractivity contribution in [3.05, 3.63) is 66.7 Å². The Balaban J connectivity index is 2.06. The second-order valence-electron chi connectivity index (χ2n) is 9.64. The highest BCUT2D eigenvalue weighted by atomic mass is 127. The summed E-state index contributed by atoms with van der Waals surface area (Å²) >= 11 is 14.6. The number of nitrogens with one attached hydrogen (secondary N) is 1. The Hall–Kier alpha value is -2.09. The van der Waals surface area contributed by atoms with E-state index >= 15 is 0 Å². The summed E-state index contributed by atoms with van der Waals surface area (Å²) in [6, 6.07) is 7.46. The van der Waals surface area contributed by atoms with Crippen LogP contribution in [0.5, 0.6) is 11.5 Å². The fourth-order valence-corrected chi connectivity index (χ4v) is 5.68. The predicted octanol–water partition coefficient (Wildman–Crippen LogP) is 3.70. The molecule has 0 aromatic heterocycles. The quantitative estimate of drug-likeness (QED) is 0.263. The van der Waals surface area contributed by atoms with Gasteiger partial charge in [-0.05, 0) is 64.1 Å². The van der Waals surface area contributed by atoms with Crippen LogP contribution in [0.25, 0.3) is 0 Å². The molecule has 1 aliphatic carbocycles. The van der Waals surface area contributed by atoms with Crippen LogP contribution in [0.15, 0.2) is 42.0 Å². The smallest absolute Gasteiger partial charge is 0.247 e. The van der Waals surface area contributed by atoms with Gasteiger partial charge in [0.15, 0.2) is 11.5 Å². The van der Waals surface area contributed by atoms with Crippen LogP contribution in [0.4, 0.5) is 0 Å². The molecule has 2 aromatic carbocycles. The van der Waals surface area contributed by atoms with Crippen molar-refractivity contribution in [3.8, 4) is 11.5 Å². The highest BCUT2D eigenvalue weighted by molar-refractivity contribution is 14.1. The van der Waals surface area contributed by atoms with E-state index in [0.29, 0.717) is 41.8 Å². The van der Waals surface area contributed by atoms with Gasteiger partial charge in [0, 0.05) is 41.0 Å². The summed E-state index contributed by atoms with van der Waals surface area (Å²) in [5.41, 5.74) is 1.53. The molecular weight excluding hydrogens is 674 g/mol.